The number of fused-ring (bicyclic) bond motifs is 10. The molecule has 2 aliphatic carbocycles. The number of thioether (sulfide) groups is 1. The van der Waals surface area contributed by atoms with Gasteiger partial charge in [0.15, 0.2) is 0 Å². The molecule has 54 heavy (non-hydrogen) atoms. The summed E-state index contributed by atoms with van der Waals surface area (Å²) >= 11 is 1.98. The zero-order valence-corrected chi connectivity index (χ0v) is 30.5. The fourth-order valence-electron chi connectivity index (χ4n) is 8.98. The summed E-state index contributed by atoms with van der Waals surface area (Å²) in [7, 11) is 0. The molecule has 1 spiro atoms. The molecular formula is C50H37N3S. The fraction of sp³-hybridized carbons (Fsp3) is 0.0800. The Morgan fingerprint density at radius 2 is 1.48 bits per heavy atom. The van der Waals surface area contributed by atoms with E-state index in [1.807, 2.05) is 42.2 Å². The number of hydrogen-bond acceptors (Lipinski definition) is 4. The maximum Gasteiger partial charge on any atom is 0.133 e. The lowest BCUT2D eigenvalue weighted by atomic mass is 9.61. The van der Waals surface area contributed by atoms with Crippen LogP contribution in [0, 0.1) is 5.92 Å². The predicted molar refractivity (Wildman–Crippen MR) is 227 cm³/mol. The molecule has 0 amide bonds. The van der Waals surface area contributed by atoms with Crippen LogP contribution in [0.2, 0.25) is 0 Å². The third-order valence-corrected chi connectivity index (χ3v) is 12.6. The van der Waals surface area contributed by atoms with Crippen molar-refractivity contribution in [3.63, 3.8) is 0 Å². The van der Waals surface area contributed by atoms with E-state index in [9.17, 15) is 0 Å². The van der Waals surface area contributed by atoms with Crippen molar-refractivity contribution >= 4 is 34.2 Å². The van der Waals surface area contributed by atoms with Crippen LogP contribution >= 0.6 is 11.8 Å². The van der Waals surface area contributed by atoms with E-state index in [1.54, 1.807) is 6.08 Å². The van der Waals surface area contributed by atoms with Gasteiger partial charge in [0.1, 0.15) is 5.84 Å². The zero-order chi connectivity index (χ0) is 36.2. The SMILES string of the molecule is C=C/C=C\C(=C)C1=NC(C2=CC3Sc4cc(-c5cccc6cccnc56)ccc4C4(c5ccccc5-c5ccccc54)C3C=C2)C=C(c2ccccc2)N1. The summed E-state index contributed by atoms with van der Waals surface area (Å²) in [6, 6.07) is 46.2. The Morgan fingerprint density at radius 1 is 0.741 bits per heavy atom. The molecule has 258 valence electrons. The number of amidine groups is 1. The van der Waals surface area contributed by atoms with E-state index in [2.05, 4.69) is 158 Å². The second-order valence-electron chi connectivity index (χ2n) is 14.2. The number of aromatic nitrogens is 1. The number of para-hydroxylation sites is 1. The largest absolute Gasteiger partial charge is 0.340 e. The Balaban J connectivity index is 1.15. The highest BCUT2D eigenvalue weighted by Gasteiger charge is 2.55. The lowest BCUT2D eigenvalue weighted by molar-refractivity contribution is 0.447. The monoisotopic (exact) mass is 711 g/mol. The van der Waals surface area contributed by atoms with Crippen LogP contribution in [0.1, 0.15) is 22.3 Å². The van der Waals surface area contributed by atoms with Gasteiger partial charge in [0, 0.05) is 44.5 Å². The summed E-state index contributed by atoms with van der Waals surface area (Å²) < 4.78 is 0. The van der Waals surface area contributed by atoms with E-state index >= 15 is 0 Å². The van der Waals surface area contributed by atoms with E-state index in [-0.39, 0.29) is 22.6 Å². The minimum absolute atomic E-state index is 0.156. The molecule has 0 radical (unpaired) electrons. The average molecular weight is 712 g/mol. The number of hydrogen-bond donors (Lipinski definition) is 1. The van der Waals surface area contributed by atoms with Crippen LogP contribution in [-0.2, 0) is 5.41 Å². The van der Waals surface area contributed by atoms with Crippen LogP contribution in [-0.4, -0.2) is 22.1 Å². The van der Waals surface area contributed by atoms with Crippen LogP contribution in [0.25, 0.3) is 38.9 Å². The van der Waals surface area contributed by atoms with Crippen LogP contribution in [0.5, 0.6) is 0 Å². The zero-order valence-electron chi connectivity index (χ0n) is 29.7. The standard InChI is InChI=1S/C50H37N3S/c1-3-4-14-32(2)49-52-44(33-15-6-5-7-16-33)31-45(53-49)36-25-27-43-47(30-36)54-46-29-35(37-21-12-17-34-18-13-28-51-48(34)37)24-26-42(46)50(43)40-22-10-8-19-38(40)39-20-9-11-23-41(39)50/h3-31,43,45,47H,1-2H2,(H,52,53)/b14-4-. The summed E-state index contributed by atoms with van der Waals surface area (Å²) in [6.07, 6.45) is 17.1. The van der Waals surface area contributed by atoms with Gasteiger partial charge in [-0.3, -0.25) is 9.98 Å². The molecule has 5 aromatic carbocycles. The van der Waals surface area contributed by atoms with Crippen molar-refractivity contribution in [1.82, 2.24) is 10.3 Å². The van der Waals surface area contributed by atoms with Crippen molar-refractivity contribution < 1.29 is 0 Å². The first kappa shape index (κ1) is 32.4. The predicted octanol–water partition coefficient (Wildman–Crippen LogP) is 11.5. The summed E-state index contributed by atoms with van der Waals surface area (Å²) in [5, 5.41) is 4.88. The quantitative estimate of drug-likeness (QED) is 0.175. The Morgan fingerprint density at radius 3 is 2.28 bits per heavy atom. The molecule has 1 aromatic heterocycles. The van der Waals surface area contributed by atoms with Gasteiger partial charge < -0.3 is 5.32 Å². The van der Waals surface area contributed by atoms with Gasteiger partial charge in [0.2, 0.25) is 0 Å². The number of allylic oxidation sites excluding steroid dienone is 3. The molecule has 3 atom stereocenters. The van der Waals surface area contributed by atoms with Crippen molar-refractivity contribution in [3.8, 4) is 22.3 Å². The molecule has 4 heteroatoms. The topological polar surface area (TPSA) is 37.3 Å². The number of nitrogens with one attached hydrogen (secondary N) is 1. The van der Waals surface area contributed by atoms with Gasteiger partial charge in [-0.05, 0) is 62.7 Å². The molecule has 0 fully saturated rings. The summed E-state index contributed by atoms with van der Waals surface area (Å²) in [5.74, 6) is 0.947. The Labute approximate surface area is 320 Å². The third kappa shape index (κ3) is 5.05. The maximum atomic E-state index is 5.27. The highest BCUT2D eigenvalue weighted by atomic mass is 32.2. The molecule has 3 unspecified atom stereocenters. The maximum absolute atomic E-state index is 5.27. The molecule has 2 aliphatic heterocycles. The van der Waals surface area contributed by atoms with Crippen molar-refractivity contribution in [1.29, 1.82) is 0 Å². The van der Waals surface area contributed by atoms with Gasteiger partial charge in [-0.15, -0.1) is 11.8 Å². The second-order valence-corrected chi connectivity index (χ2v) is 15.5. The molecule has 0 saturated carbocycles. The molecular weight excluding hydrogens is 675 g/mol. The summed E-state index contributed by atoms with van der Waals surface area (Å²) in [6.45, 7) is 8.21. The molecule has 3 heterocycles. The van der Waals surface area contributed by atoms with Crippen LogP contribution in [0.4, 0.5) is 0 Å². The molecule has 6 aromatic rings. The first-order chi connectivity index (χ1) is 26.6. The minimum atomic E-state index is -0.357. The minimum Gasteiger partial charge on any atom is -0.340 e. The van der Waals surface area contributed by atoms with Gasteiger partial charge >= 0.3 is 0 Å². The number of rotatable bonds is 6. The van der Waals surface area contributed by atoms with Crippen molar-refractivity contribution in [2.45, 2.75) is 21.6 Å². The van der Waals surface area contributed by atoms with Gasteiger partial charge in [-0.25, -0.2) is 0 Å². The van der Waals surface area contributed by atoms with E-state index in [0.29, 0.717) is 0 Å². The van der Waals surface area contributed by atoms with Gasteiger partial charge in [0.05, 0.1) is 17.0 Å². The second kappa shape index (κ2) is 13.0. The third-order valence-electron chi connectivity index (χ3n) is 11.3. The lowest BCUT2D eigenvalue weighted by Gasteiger charge is -2.48. The first-order valence-electron chi connectivity index (χ1n) is 18.5. The summed E-state index contributed by atoms with van der Waals surface area (Å²) in [4.78, 5) is 11.4. The molecule has 3 nitrogen and oxygen atoms in total. The van der Waals surface area contributed by atoms with E-state index in [4.69, 9.17) is 9.98 Å². The molecule has 10 rings (SSSR count). The highest BCUT2D eigenvalue weighted by molar-refractivity contribution is 8.00. The Hall–Kier alpha value is -6.23. The summed E-state index contributed by atoms with van der Waals surface area (Å²) in [5.41, 5.74) is 13.9. The van der Waals surface area contributed by atoms with Gasteiger partial charge in [0.25, 0.3) is 0 Å². The smallest absolute Gasteiger partial charge is 0.133 e. The number of benzene rings is 5. The molecule has 0 saturated heterocycles. The van der Waals surface area contributed by atoms with Crippen LogP contribution in [0.3, 0.4) is 0 Å². The number of aliphatic imine (C=N–C) groups is 1. The van der Waals surface area contributed by atoms with E-state index in [0.717, 1.165) is 39.1 Å². The van der Waals surface area contributed by atoms with E-state index in [1.165, 1.54) is 43.8 Å². The van der Waals surface area contributed by atoms with Crippen LogP contribution in [0.15, 0.2) is 210 Å². The fourth-order valence-corrected chi connectivity index (χ4v) is 10.5. The van der Waals surface area contributed by atoms with Gasteiger partial charge in [-0.2, -0.15) is 0 Å². The normalized spacial score (nSPS) is 20.2. The molecule has 0 bridgehead atoms. The Bertz CT molecular complexity index is 2630. The average Bonchev–Trinajstić information content (AvgIpc) is 3.53. The number of pyridine rings is 1. The van der Waals surface area contributed by atoms with Crippen LogP contribution < -0.4 is 5.32 Å². The lowest BCUT2D eigenvalue weighted by Crippen LogP contribution is -2.44. The van der Waals surface area contributed by atoms with Crippen molar-refractivity contribution in [2.75, 3.05) is 0 Å². The number of nitrogens with zero attached hydrogens (tertiary/aromatic N) is 2. The van der Waals surface area contributed by atoms with Crippen molar-refractivity contribution in [3.05, 3.63) is 223 Å². The van der Waals surface area contributed by atoms with Crippen molar-refractivity contribution in [2.24, 2.45) is 10.9 Å². The van der Waals surface area contributed by atoms with Gasteiger partial charge in [-0.1, -0.05) is 165 Å². The Kier molecular flexibility index (Phi) is 7.81. The molecule has 4 aliphatic rings. The molecule has 1 N–H and O–H groups in total. The first-order valence-corrected chi connectivity index (χ1v) is 19.4. The highest BCUT2D eigenvalue weighted by Crippen LogP contribution is 2.64. The van der Waals surface area contributed by atoms with E-state index < -0.39 is 0 Å².